The molecule has 0 amide bonds. The molecule has 0 aliphatic heterocycles. The highest BCUT2D eigenvalue weighted by Gasteiger charge is 2.22. The topological polar surface area (TPSA) is 51.8 Å². The van der Waals surface area contributed by atoms with Gasteiger partial charge in [-0.2, -0.15) is 0 Å². The first kappa shape index (κ1) is 28.2. The molecule has 0 spiro atoms. The average Bonchev–Trinajstić information content (AvgIpc) is 3.74. The zero-order valence-corrected chi connectivity index (χ0v) is 27.5. The molecule has 10 rings (SSSR count). The lowest BCUT2D eigenvalue weighted by molar-refractivity contribution is 0.673. The van der Waals surface area contributed by atoms with E-state index in [1.54, 1.807) is 11.3 Å². The SMILES string of the molecule is Clc1ccc(-c2nc(-c3ccccc3)nc(-c3cccc4c3sc3ccccc34)n2)c(-c2cc3ccccc3c3oc4ccccc4c23)c1. The maximum Gasteiger partial charge on any atom is 0.165 e. The lowest BCUT2D eigenvalue weighted by Gasteiger charge is -2.14. The first-order valence-corrected chi connectivity index (χ1v) is 17.2. The van der Waals surface area contributed by atoms with Crippen molar-refractivity contribution in [1.82, 2.24) is 15.0 Å². The smallest absolute Gasteiger partial charge is 0.165 e. The highest BCUT2D eigenvalue weighted by molar-refractivity contribution is 7.26. The molecule has 0 saturated carbocycles. The van der Waals surface area contributed by atoms with Gasteiger partial charge in [-0.3, -0.25) is 0 Å². The molecule has 0 fully saturated rings. The van der Waals surface area contributed by atoms with Crippen molar-refractivity contribution in [3.05, 3.63) is 151 Å². The number of hydrogen-bond donors (Lipinski definition) is 0. The van der Waals surface area contributed by atoms with Crippen molar-refractivity contribution in [2.45, 2.75) is 0 Å². The van der Waals surface area contributed by atoms with Crippen LogP contribution >= 0.6 is 22.9 Å². The van der Waals surface area contributed by atoms with Crippen LogP contribution in [0.15, 0.2) is 150 Å². The van der Waals surface area contributed by atoms with Gasteiger partial charge in [0.15, 0.2) is 17.5 Å². The molecule has 7 aromatic carbocycles. The molecule has 230 valence electrons. The lowest BCUT2D eigenvalue weighted by Crippen LogP contribution is -2.01. The number of aromatic nitrogens is 3. The summed E-state index contributed by atoms with van der Waals surface area (Å²) in [4.78, 5) is 15.5. The number of hydrogen-bond acceptors (Lipinski definition) is 5. The Balaban J connectivity index is 1.28. The first-order valence-electron chi connectivity index (χ1n) is 16.0. The first-order chi connectivity index (χ1) is 24.2. The van der Waals surface area contributed by atoms with Crippen molar-refractivity contribution < 1.29 is 4.42 Å². The number of rotatable bonds is 4. The maximum absolute atomic E-state index is 6.80. The monoisotopic (exact) mass is 665 g/mol. The van der Waals surface area contributed by atoms with Crippen LogP contribution in [0.3, 0.4) is 0 Å². The van der Waals surface area contributed by atoms with E-state index in [-0.39, 0.29) is 0 Å². The Morgan fingerprint density at radius 3 is 2.06 bits per heavy atom. The minimum absolute atomic E-state index is 0.572. The Kier molecular flexibility index (Phi) is 6.38. The number of para-hydroxylation sites is 1. The minimum Gasteiger partial charge on any atom is -0.455 e. The Morgan fingerprint density at radius 2 is 1.18 bits per heavy atom. The second-order valence-corrected chi connectivity index (χ2v) is 13.6. The van der Waals surface area contributed by atoms with Crippen molar-refractivity contribution in [2.24, 2.45) is 0 Å². The van der Waals surface area contributed by atoms with Gasteiger partial charge in [0.2, 0.25) is 0 Å². The number of halogens is 1. The highest BCUT2D eigenvalue weighted by Crippen LogP contribution is 2.45. The van der Waals surface area contributed by atoms with Crippen LogP contribution in [0.1, 0.15) is 0 Å². The zero-order valence-electron chi connectivity index (χ0n) is 25.9. The van der Waals surface area contributed by atoms with Crippen LogP contribution in [-0.4, -0.2) is 15.0 Å². The Labute approximate surface area is 289 Å². The molecule has 0 aliphatic carbocycles. The number of thiophene rings is 1. The molecule has 49 heavy (non-hydrogen) atoms. The molecule has 0 bridgehead atoms. The fourth-order valence-corrected chi connectivity index (χ4v) is 8.35. The van der Waals surface area contributed by atoms with E-state index in [4.69, 9.17) is 31.0 Å². The third-order valence-electron chi connectivity index (χ3n) is 9.20. The molecule has 0 unspecified atom stereocenters. The second kappa shape index (κ2) is 11.1. The molecule has 10 aromatic rings. The Hall–Kier alpha value is -5.88. The van der Waals surface area contributed by atoms with E-state index >= 15 is 0 Å². The summed E-state index contributed by atoms with van der Waals surface area (Å²) < 4.78 is 8.93. The van der Waals surface area contributed by atoms with Crippen molar-refractivity contribution in [3.8, 4) is 45.3 Å². The molecule has 3 aromatic heterocycles. The predicted octanol–water partition coefficient (Wildman–Crippen LogP) is 12.6. The van der Waals surface area contributed by atoms with Crippen LogP contribution < -0.4 is 0 Å². The zero-order chi connectivity index (χ0) is 32.5. The minimum atomic E-state index is 0.572. The molecule has 0 saturated heterocycles. The van der Waals surface area contributed by atoms with Gasteiger partial charge in [-0.1, -0.05) is 115 Å². The second-order valence-electron chi connectivity index (χ2n) is 12.1. The van der Waals surface area contributed by atoms with Crippen molar-refractivity contribution in [3.63, 3.8) is 0 Å². The summed E-state index contributed by atoms with van der Waals surface area (Å²) in [5.41, 5.74) is 6.36. The fraction of sp³-hybridized carbons (Fsp3) is 0. The highest BCUT2D eigenvalue weighted by atomic mass is 35.5. The Morgan fingerprint density at radius 1 is 0.490 bits per heavy atom. The summed E-state index contributed by atoms with van der Waals surface area (Å²) >= 11 is 8.56. The molecule has 6 heteroatoms. The summed E-state index contributed by atoms with van der Waals surface area (Å²) in [7, 11) is 0. The van der Waals surface area contributed by atoms with Crippen LogP contribution in [0, 0.1) is 0 Å². The number of benzene rings is 7. The number of fused-ring (bicyclic) bond motifs is 8. The number of nitrogens with zero attached hydrogens (tertiary/aromatic N) is 3. The van der Waals surface area contributed by atoms with Crippen LogP contribution in [0.4, 0.5) is 0 Å². The van der Waals surface area contributed by atoms with Gasteiger partial charge < -0.3 is 4.42 Å². The molecular formula is C43H24ClN3OS. The van der Waals surface area contributed by atoms with Crippen molar-refractivity contribution >= 4 is 75.8 Å². The largest absolute Gasteiger partial charge is 0.455 e. The molecule has 4 nitrogen and oxygen atoms in total. The van der Waals surface area contributed by atoms with E-state index in [1.165, 1.54) is 15.5 Å². The summed E-state index contributed by atoms with van der Waals surface area (Å²) in [6.45, 7) is 0. The fourth-order valence-electron chi connectivity index (χ4n) is 6.96. The van der Waals surface area contributed by atoms with Gasteiger partial charge in [-0.15, -0.1) is 11.3 Å². The standard InChI is InChI=1S/C43H24ClN3OS/c44-27-21-22-31(34(24-27)35-23-26-13-4-5-14-28(26)39-38(35)32-16-6-8-19-36(32)48-39)42-45-41(25-11-2-1-3-12-25)46-43(47-42)33-18-10-17-30-29-15-7-9-20-37(29)49-40(30)33/h1-24H. The van der Waals surface area contributed by atoms with E-state index in [9.17, 15) is 0 Å². The molecule has 0 aliphatic rings. The van der Waals surface area contributed by atoms with E-state index < -0.39 is 0 Å². The predicted molar refractivity (Wildman–Crippen MR) is 204 cm³/mol. The van der Waals surface area contributed by atoms with Gasteiger partial charge in [0.1, 0.15) is 11.2 Å². The average molecular weight is 666 g/mol. The molecule has 0 radical (unpaired) electrons. The normalized spacial score (nSPS) is 11.8. The van der Waals surface area contributed by atoms with E-state index in [0.717, 1.165) is 65.2 Å². The van der Waals surface area contributed by atoms with Crippen LogP contribution in [-0.2, 0) is 0 Å². The lowest BCUT2D eigenvalue weighted by atomic mass is 9.92. The van der Waals surface area contributed by atoms with Gasteiger partial charge in [-0.25, -0.2) is 15.0 Å². The maximum atomic E-state index is 6.80. The van der Waals surface area contributed by atoms with Gasteiger partial charge in [-0.05, 0) is 59.0 Å². The van der Waals surface area contributed by atoms with Crippen molar-refractivity contribution in [1.29, 1.82) is 0 Å². The summed E-state index contributed by atoms with van der Waals surface area (Å²) in [6, 6.07) is 49.7. The van der Waals surface area contributed by atoms with Gasteiger partial charge >= 0.3 is 0 Å². The quantitative estimate of drug-likeness (QED) is 0.188. The van der Waals surface area contributed by atoms with E-state index in [0.29, 0.717) is 22.5 Å². The third-order valence-corrected chi connectivity index (χ3v) is 10.7. The van der Waals surface area contributed by atoms with Gasteiger partial charge in [0.25, 0.3) is 0 Å². The summed E-state index contributed by atoms with van der Waals surface area (Å²) in [6.07, 6.45) is 0. The van der Waals surface area contributed by atoms with Crippen molar-refractivity contribution in [2.75, 3.05) is 0 Å². The van der Waals surface area contributed by atoms with Crippen LogP contribution in [0.2, 0.25) is 5.02 Å². The summed E-state index contributed by atoms with van der Waals surface area (Å²) in [5.74, 6) is 1.80. The van der Waals surface area contributed by atoms with Crippen LogP contribution in [0.5, 0.6) is 0 Å². The Bertz CT molecular complexity index is 2910. The number of furan rings is 1. The van der Waals surface area contributed by atoms with E-state index in [2.05, 4.69) is 72.8 Å². The molecular weight excluding hydrogens is 642 g/mol. The molecule has 0 N–H and O–H groups in total. The molecule has 0 atom stereocenters. The molecule has 3 heterocycles. The van der Waals surface area contributed by atoms with Gasteiger partial charge in [0.05, 0.1) is 0 Å². The van der Waals surface area contributed by atoms with Gasteiger partial charge in [0, 0.05) is 58.0 Å². The summed E-state index contributed by atoms with van der Waals surface area (Å²) in [5, 5.41) is 7.26. The van der Waals surface area contributed by atoms with Crippen LogP contribution in [0.25, 0.3) is 98.2 Å². The third kappa shape index (κ3) is 4.55. The van der Waals surface area contributed by atoms with E-state index in [1.807, 2.05) is 72.8 Å².